The molecule has 4 heteroatoms. The highest BCUT2D eigenvalue weighted by Crippen LogP contribution is 2.05. The lowest BCUT2D eigenvalue weighted by molar-refractivity contribution is 0.0613. The van der Waals surface area contributed by atoms with E-state index in [0.717, 1.165) is 50.8 Å². The van der Waals surface area contributed by atoms with Gasteiger partial charge in [-0.05, 0) is 25.6 Å². The monoisotopic (exact) mass is 249 g/mol. The topological polar surface area (TPSA) is 37.4 Å². The van der Waals surface area contributed by atoms with Gasteiger partial charge >= 0.3 is 0 Å². The predicted octanol–water partition coefficient (Wildman–Crippen LogP) is 1.20. The quantitative estimate of drug-likeness (QED) is 0.851. The van der Waals surface area contributed by atoms with Crippen molar-refractivity contribution in [2.24, 2.45) is 0 Å². The molecule has 4 nitrogen and oxygen atoms in total. The van der Waals surface area contributed by atoms with E-state index < -0.39 is 0 Å². The summed E-state index contributed by atoms with van der Waals surface area (Å²) >= 11 is 0. The Kier molecular flexibility index (Phi) is 5.11. The highest BCUT2D eigenvalue weighted by Gasteiger charge is 2.16. The summed E-state index contributed by atoms with van der Waals surface area (Å²) in [5.74, 6) is 0. The van der Waals surface area contributed by atoms with Gasteiger partial charge in [0.05, 0.1) is 18.9 Å². The van der Waals surface area contributed by atoms with Crippen LogP contribution in [0.3, 0.4) is 0 Å². The number of rotatable bonds is 5. The molecule has 1 N–H and O–H groups in total. The van der Waals surface area contributed by atoms with Crippen LogP contribution in [0.4, 0.5) is 0 Å². The molecule has 0 bridgehead atoms. The van der Waals surface area contributed by atoms with E-state index in [0.29, 0.717) is 6.04 Å². The van der Waals surface area contributed by atoms with Crippen molar-refractivity contribution in [2.75, 3.05) is 32.8 Å². The van der Waals surface area contributed by atoms with E-state index in [1.54, 1.807) is 0 Å². The lowest BCUT2D eigenvalue weighted by atomic mass is 10.2. The molecule has 0 amide bonds. The smallest absolute Gasteiger partial charge is 0.0632 e. The molecule has 1 fully saturated rings. The lowest BCUT2D eigenvalue weighted by Crippen LogP contribution is -2.48. The van der Waals surface area contributed by atoms with Crippen LogP contribution in [0.5, 0.6) is 0 Å². The van der Waals surface area contributed by atoms with Crippen LogP contribution in [0, 0.1) is 6.92 Å². The van der Waals surface area contributed by atoms with Crippen molar-refractivity contribution in [1.82, 2.24) is 15.2 Å². The van der Waals surface area contributed by atoms with Crippen molar-refractivity contribution in [1.29, 1.82) is 0 Å². The number of hydrogen-bond acceptors (Lipinski definition) is 4. The molecule has 1 atom stereocenters. The second kappa shape index (κ2) is 6.83. The van der Waals surface area contributed by atoms with Gasteiger partial charge in [0.25, 0.3) is 0 Å². The fraction of sp³-hybridized carbons (Fsp3) is 0.643. The van der Waals surface area contributed by atoms with E-state index in [9.17, 15) is 0 Å². The van der Waals surface area contributed by atoms with Crippen LogP contribution < -0.4 is 5.32 Å². The lowest BCUT2D eigenvalue weighted by Gasteiger charge is -2.29. The number of likely N-dealkylation sites (N-methyl/N-ethyl adjacent to an activating group) is 1. The number of aryl methyl sites for hydroxylation is 1. The first-order valence-corrected chi connectivity index (χ1v) is 6.74. The fourth-order valence-corrected chi connectivity index (χ4v) is 2.27. The Morgan fingerprint density at radius 2 is 2.39 bits per heavy atom. The van der Waals surface area contributed by atoms with Crippen LogP contribution in [0.15, 0.2) is 18.2 Å². The Labute approximate surface area is 109 Å². The standard InChI is InChI=1S/C14H23N3O/c1-3-17(10-14-11-18-8-7-15-14)9-13-6-4-5-12(2)16-13/h4-6,14-15H,3,7-11H2,1-2H3. The van der Waals surface area contributed by atoms with E-state index in [1.165, 1.54) is 0 Å². The first-order chi connectivity index (χ1) is 8.78. The highest BCUT2D eigenvalue weighted by atomic mass is 16.5. The van der Waals surface area contributed by atoms with Crippen molar-refractivity contribution in [3.63, 3.8) is 0 Å². The van der Waals surface area contributed by atoms with Crippen molar-refractivity contribution < 1.29 is 4.74 Å². The summed E-state index contributed by atoms with van der Waals surface area (Å²) < 4.78 is 5.49. The Hall–Kier alpha value is -0.970. The van der Waals surface area contributed by atoms with Crippen molar-refractivity contribution in [3.8, 4) is 0 Å². The van der Waals surface area contributed by atoms with Gasteiger partial charge in [0.15, 0.2) is 0 Å². The maximum atomic E-state index is 5.49. The van der Waals surface area contributed by atoms with E-state index in [-0.39, 0.29) is 0 Å². The molecular formula is C14H23N3O. The summed E-state index contributed by atoms with van der Waals surface area (Å²) in [5.41, 5.74) is 2.23. The van der Waals surface area contributed by atoms with Crippen molar-refractivity contribution in [2.45, 2.75) is 26.4 Å². The number of aromatic nitrogens is 1. The summed E-state index contributed by atoms with van der Waals surface area (Å²) in [7, 11) is 0. The molecule has 0 aromatic carbocycles. The zero-order valence-corrected chi connectivity index (χ0v) is 11.4. The zero-order valence-electron chi connectivity index (χ0n) is 11.4. The van der Waals surface area contributed by atoms with E-state index in [2.05, 4.69) is 34.3 Å². The predicted molar refractivity (Wildman–Crippen MR) is 72.5 cm³/mol. The van der Waals surface area contributed by atoms with Gasteiger partial charge in [-0.25, -0.2) is 0 Å². The maximum absolute atomic E-state index is 5.49. The summed E-state index contributed by atoms with van der Waals surface area (Å²) in [4.78, 5) is 6.97. The maximum Gasteiger partial charge on any atom is 0.0632 e. The molecule has 0 saturated carbocycles. The van der Waals surface area contributed by atoms with Gasteiger partial charge in [0, 0.05) is 31.4 Å². The van der Waals surface area contributed by atoms with Crippen LogP contribution >= 0.6 is 0 Å². The Bertz CT molecular complexity index is 364. The minimum absolute atomic E-state index is 0.448. The third kappa shape index (κ3) is 4.05. The molecule has 18 heavy (non-hydrogen) atoms. The van der Waals surface area contributed by atoms with Crippen LogP contribution in [-0.2, 0) is 11.3 Å². The molecule has 1 aromatic heterocycles. The van der Waals surface area contributed by atoms with Crippen molar-refractivity contribution >= 4 is 0 Å². The van der Waals surface area contributed by atoms with Crippen LogP contribution in [0.1, 0.15) is 18.3 Å². The molecule has 0 spiro atoms. The van der Waals surface area contributed by atoms with Crippen LogP contribution in [0.25, 0.3) is 0 Å². The van der Waals surface area contributed by atoms with Gasteiger partial charge < -0.3 is 10.1 Å². The molecule has 1 unspecified atom stereocenters. The Morgan fingerprint density at radius 3 is 3.06 bits per heavy atom. The highest BCUT2D eigenvalue weighted by molar-refractivity contribution is 5.09. The number of hydrogen-bond donors (Lipinski definition) is 1. The van der Waals surface area contributed by atoms with Crippen LogP contribution in [0.2, 0.25) is 0 Å². The molecule has 100 valence electrons. The summed E-state index contributed by atoms with van der Waals surface area (Å²) in [6.07, 6.45) is 0. The van der Waals surface area contributed by atoms with E-state index >= 15 is 0 Å². The molecule has 1 saturated heterocycles. The zero-order chi connectivity index (χ0) is 12.8. The largest absolute Gasteiger partial charge is 0.378 e. The van der Waals surface area contributed by atoms with Gasteiger partial charge in [-0.3, -0.25) is 9.88 Å². The van der Waals surface area contributed by atoms with Crippen LogP contribution in [-0.4, -0.2) is 48.8 Å². The van der Waals surface area contributed by atoms with E-state index in [1.807, 2.05) is 13.0 Å². The number of nitrogens with one attached hydrogen (secondary N) is 1. The SMILES string of the molecule is CCN(Cc1cccc(C)n1)CC1COCCN1. The number of ether oxygens (including phenoxy) is 1. The van der Waals surface area contributed by atoms with Gasteiger partial charge in [0.1, 0.15) is 0 Å². The number of pyridine rings is 1. The first kappa shape index (κ1) is 13.5. The van der Waals surface area contributed by atoms with Gasteiger partial charge in [-0.1, -0.05) is 13.0 Å². The molecule has 1 aliphatic heterocycles. The minimum Gasteiger partial charge on any atom is -0.378 e. The molecule has 0 aliphatic carbocycles. The van der Waals surface area contributed by atoms with E-state index in [4.69, 9.17) is 4.74 Å². The minimum atomic E-state index is 0.448. The summed E-state index contributed by atoms with van der Waals surface area (Å²) in [5, 5.41) is 3.49. The normalized spacial score (nSPS) is 20.3. The summed E-state index contributed by atoms with van der Waals surface area (Å²) in [6.45, 7) is 9.82. The number of nitrogens with zero attached hydrogens (tertiary/aromatic N) is 2. The molecule has 1 aliphatic rings. The Balaban J connectivity index is 1.88. The van der Waals surface area contributed by atoms with Gasteiger partial charge in [-0.2, -0.15) is 0 Å². The molecule has 0 radical (unpaired) electrons. The number of morpholine rings is 1. The third-order valence-electron chi connectivity index (χ3n) is 3.26. The van der Waals surface area contributed by atoms with Crippen molar-refractivity contribution in [3.05, 3.63) is 29.6 Å². The Morgan fingerprint density at radius 1 is 1.50 bits per heavy atom. The molecule has 2 rings (SSSR count). The first-order valence-electron chi connectivity index (χ1n) is 6.74. The average molecular weight is 249 g/mol. The van der Waals surface area contributed by atoms with Gasteiger partial charge in [0.2, 0.25) is 0 Å². The molecule has 2 heterocycles. The second-order valence-corrected chi connectivity index (χ2v) is 4.82. The third-order valence-corrected chi connectivity index (χ3v) is 3.26. The summed E-state index contributed by atoms with van der Waals surface area (Å²) in [6, 6.07) is 6.66. The second-order valence-electron chi connectivity index (χ2n) is 4.82. The van der Waals surface area contributed by atoms with Gasteiger partial charge in [-0.15, -0.1) is 0 Å². The molecule has 1 aromatic rings. The molecular weight excluding hydrogens is 226 g/mol. The average Bonchev–Trinajstić information content (AvgIpc) is 2.39. The fourth-order valence-electron chi connectivity index (χ4n) is 2.27.